The van der Waals surface area contributed by atoms with E-state index in [1.54, 1.807) is 0 Å². The molecular weight excluding hydrogens is 360 g/mol. The highest BCUT2D eigenvalue weighted by molar-refractivity contribution is 6.07. The fourth-order valence-electron chi connectivity index (χ4n) is 4.56. The van der Waals surface area contributed by atoms with Crippen LogP contribution in [0.3, 0.4) is 0 Å². The van der Waals surface area contributed by atoms with E-state index in [1.807, 2.05) is 30.5 Å². The maximum absolute atomic E-state index is 12.3. The van der Waals surface area contributed by atoms with Crippen molar-refractivity contribution in [3.05, 3.63) is 59.3 Å². The molecule has 29 heavy (non-hydrogen) atoms. The number of rotatable bonds is 3. The molecule has 5 nitrogen and oxygen atoms in total. The Labute approximate surface area is 168 Å². The van der Waals surface area contributed by atoms with E-state index in [1.165, 1.54) is 29.4 Å². The van der Waals surface area contributed by atoms with Crippen LogP contribution in [0.15, 0.2) is 42.6 Å². The van der Waals surface area contributed by atoms with Crippen molar-refractivity contribution < 1.29 is 4.79 Å². The molecule has 4 aromatic rings. The quantitative estimate of drug-likeness (QED) is 0.546. The van der Waals surface area contributed by atoms with Gasteiger partial charge in [-0.1, -0.05) is 12.1 Å². The van der Waals surface area contributed by atoms with Gasteiger partial charge in [-0.2, -0.15) is 5.10 Å². The molecule has 2 aromatic carbocycles. The van der Waals surface area contributed by atoms with Crippen LogP contribution in [-0.4, -0.2) is 27.1 Å². The van der Waals surface area contributed by atoms with Crippen LogP contribution in [0.2, 0.25) is 0 Å². The highest BCUT2D eigenvalue weighted by Gasteiger charge is 2.24. The van der Waals surface area contributed by atoms with Crippen LogP contribution in [0.1, 0.15) is 47.2 Å². The van der Waals surface area contributed by atoms with Crippen LogP contribution >= 0.6 is 0 Å². The molecule has 1 fully saturated rings. The first-order valence-corrected chi connectivity index (χ1v) is 10.5. The largest absolute Gasteiger partial charge is 0.349 e. The molecule has 2 heterocycles. The minimum Gasteiger partial charge on any atom is -0.349 e. The van der Waals surface area contributed by atoms with E-state index < -0.39 is 0 Å². The number of carbonyl (C=O) groups is 1. The molecule has 6 rings (SSSR count). The Balaban J connectivity index is 1.48. The standard InChI is InChI=1S/C24H22N4O/c29-24(26-16-9-10-16)15-7-5-14(6-8-15)23-18-4-2-1-3-17(18)22-19-13-25-28-20(19)11-12-21(22)27-23/h5-8,11-13,16H,1-4,9-10H2,(H,25,28)(H,26,29). The van der Waals surface area contributed by atoms with Gasteiger partial charge >= 0.3 is 0 Å². The second-order valence-electron chi connectivity index (χ2n) is 8.24. The van der Waals surface area contributed by atoms with Crippen molar-refractivity contribution in [2.24, 2.45) is 0 Å². The number of pyridine rings is 1. The third-order valence-corrected chi connectivity index (χ3v) is 6.22. The second kappa shape index (κ2) is 6.41. The molecule has 5 heteroatoms. The zero-order chi connectivity index (χ0) is 19.4. The van der Waals surface area contributed by atoms with Crippen molar-refractivity contribution >= 4 is 27.7 Å². The van der Waals surface area contributed by atoms with E-state index in [0.29, 0.717) is 6.04 Å². The zero-order valence-corrected chi connectivity index (χ0v) is 16.2. The lowest BCUT2D eigenvalue weighted by molar-refractivity contribution is 0.0951. The molecule has 1 amide bonds. The molecular formula is C24H22N4O. The smallest absolute Gasteiger partial charge is 0.251 e. The number of fused-ring (bicyclic) bond motifs is 5. The van der Waals surface area contributed by atoms with Crippen molar-refractivity contribution in [1.82, 2.24) is 20.5 Å². The van der Waals surface area contributed by atoms with Gasteiger partial charge in [0.2, 0.25) is 0 Å². The minimum absolute atomic E-state index is 0.0231. The number of hydrogen-bond donors (Lipinski definition) is 2. The van der Waals surface area contributed by atoms with Gasteiger partial charge in [-0.3, -0.25) is 9.89 Å². The van der Waals surface area contributed by atoms with Crippen LogP contribution in [0.5, 0.6) is 0 Å². The molecule has 144 valence electrons. The number of nitrogens with one attached hydrogen (secondary N) is 2. The number of carbonyl (C=O) groups excluding carboxylic acids is 1. The molecule has 0 radical (unpaired) electrons. The summed E-state index contributed by atoms with van der Waals surface area (Å²) in [5.41, 5.74) is 7.71. The summed E-state index contributed by atoms with van der Waals surface area (Å²) in [6.07, 6.45) is 8.64. The van der Waals surface area contributed by atoms with Gasteiger partial charge in [-0.15, -0.1) is 0 Å². The Kier molecular flexibility index (Phi) is 3.69. The normalized spacial score (nSPS) is 16.1. The Morgan fingerprint density at radius 1 is 1.00 bits per heavy atom. The highest BCUT2D eigenvalue weighted by Crippen LogP contribution is 2.37. The summed E-state index contributed by atoms with van der Waals surface area (Å²) in [4.78, 5) is 17.4. The summed E-state index contributed by atoms with van der Waals surface area (Å²) in [6.45, 7) is 0. The summed E-state index contributed by atoms with van der Waals surface area (Å²) in [6, 6.07) is 12.5. The summed E-state index contributed by atoms with van der Waals surface area (Å²) in [5.74, 6) is 0.0231. The number of aromatic amines is 1. The maximum Gasteiger partial charge on any atom is 0.251 e. The van der Waals surface area contributed by atoms with Crippen molar-refractivity contribution in [2.75, 3.05) is 0 Å². The minimum atomic E-state index is 0.0231. The Hall–Kier alpha value is -3.21. The van der Waals surface area contributed by atoms with Crippen LogP contribution < -0.4 is 5.32 Å². The number of aromatic nitrogens is 3. The van der Waals surface area contributed by atoms with E-state index >= 15 is 0 Å². The van der Waals surface area contributed by atoms with Crippen LogP contribution in [-0.2, 0) is 12.8 Å². The molecule has 0 aliphatic heterocycles. The fourth-order valence-corrected chi connectivity index (χ4v) is 4.56. The first-order chi connectivity index (χ1) is 14.3. The summed E-state index contributed by atoms with van der Waals surface area (Å²) < 4.78 is 0. The Bertz CT molecular complexity index is 1250. The zero-order valence-electron chi connectivity index (χ0n) is 16.2. The van der Waals surface area contributed by atoms with Gasteiger partial charge in [-0.05, 0) is 73.9 Å². The Morgan fingerprint density at radius 3 is 2.59 bits per heavy atom. The lowest BCUT2D eigenvalue weighted by Crippen LogP contribution is -2.25. The average molecular weight is 382 g/mol. The van der Waals surface area contributed by atoms with E-state index in [-0.39, 0.29) is 5.91 Å². The monoisotopic (exact) mass is 382 g/mol. The van der Waals surface area contributed by atoms with Crippen molar-refractivity contribution in [3.63, 3.8) is 0 Å². The van der Waals surface area contributed by atoms with Gasteiger partial charge in [0.15, 0.2) is 0 Å². The number of nitrogens with zero attached hydrogens (tertiary/aromatic N) is 2. The molecule has 2 N–H and O–H groups in total. The van der Waals surface area contributed by atoms with Gasteiger partial charge < -0.3 is 5.32 Å². The predicted octanol–water partition coefficient (Wildman–Crippen LogP) is 4.55. The number of benzene rings is 2. The van der Waals surface area contributed by atoms with E-state index in [2.05, 4.69) is 27.6 Å². The molecule has 2 aliphatic carbocycles. The van der Waals surface area contributed by atoms with E-state index in [4.69, 9.17) is 4.98 Å². The third-order valence-electron chi connectivity index (χ3n) is 6.22. The SMILES string of the molecule is O=C(NC1CC1)c1ccc(-c2nc3ccc4[nH]ncc4c3c3c2CCCC3)cc1. The molecule has 0 unspecified atom stereocenters. The number of aryl methyl sites for hydroxylation is 1. The molecule has 2 aromatic heterocycles. The summed E-state index contributed by atoms with van der Waals surface area (Å²) in [5, 5.41) is 12.8. The number of hydrogen-bond acceptors (Lipinski definition) is 3. The van der Waals surface area contributed by atoms with Crippen molar-refractivity contribution in [3.8, 4) is 11.3 Å². The lowest BCUT2D eigenvalue weighted by atomic mass is 9.85. The third kappa shape index (κ3) is 2.80. The van der Waals surface area contributed by atoms with Crippen LogP contribution in [0.25, 0.3) is 33.1 Å². The molecule has 0 atom stereocenters. The van der Waals surface area contributed by atoms with Gasteiger partial charge in [-0.25, -0.2) is 4.98 Å². The topological polar surface area (TPSA) is 70.7 Å². The first-order valence-electron chi connectivity index (χ1n) is 10.5. The van der Waals surface area contributed by atoms with E-state index in [0.717, 1.165) is 58.9 Å². The first kappa shape index (κ1) is 16.7. The van der Waals surface area contributed by atoms with Crippen molar-refractivity contribution in [2.45, 2.75) is 44.6 Å². The van der Waals surface area contributed by atoms with Gasteiger partial charge in [0, 0.05) is 27.9 Å². The summed E-state index contributed by atoms with van der Waals surface area (Å²) >= 11 is 0. The predicted molar refractivity (Wildman–Crippen MR) is 114 cm³/mol. The average Bonchev–Trinajstić information content (AvgIpc) is 3.45. The molecule has 0 spiro atoms. The van der Waals surface area contributed by atoms with Crippen LogP contribution in [0.4, 0.5) is 0 Å². The Morgan fingerprint density at radius 2 is 1.79 bits per heavy atom. The number of amides is 1. The molecule has 2 aliphatic rings. The maximum atomic E-state index is 12.3. The lowest BCUT2D eigenvalue weighted by Gasteiger charge is -2.22. The molecule has 0 bridgehead atoms. The fraction of sp³-hybridized carbons (Fsp3) is 0.292. The highest BCUT2D eigenvalue weighted by atomic mass is 16.1. The van der Waals surface area contributed by atoms with Crippen molar-refractivity contribution in [1.29, 1.82) is 0 Å². The van der Waals surface area contributed by atoms with Gasteiger partial charge in [0.25, 0.3) is 5.91 Å². The van der Waals surface area contributed by atoms with Gasteiger partial charge in [0.1, 0.15) is 0 Å². The number of H-pyrrole nitrogens is 1. The van der Waals surface area contributed by atoms with Crippen LogP contribution in [0, 0.1) is 0 Å². The van der Waals surface area contributed by atoms with E-state index in [9.17, 15) is 4.79 Å². The summed E-state index contributed by atoms with van der Waals surface area (Å²) in [7, 11) is 0. The molecule has 1 saturated carbocycles. The molecule has 0 saturated heterocycles. The second-order valence-corrected chi connectivity index (χ2v) is 8.24. The van der Waals surface area contributed by atoms with Gasteiger partial charge in [0.05, 0.1) is 22.9 Å².